The summed E-state index contributed by atoms with van der Waals surface area (Å²) in [6.45, 7) is 8.63. The van der Waals surface area contributed by atoms with E-state index < -0.39 is 10.0 Å². The molecule has 0 fully saturated rings. The average molecular weight is 369 g/mol. The van der Waals surface area contributed by atoms with Gasteiger partial charge in [0.25, 0.3) is 0 Å². The van der Waals surface area contributed by atoms with Crippen LogP contribution in [0, 0.1) is 5.92 Å². The molecule has 0 heterocycles. The van der Waals surface area contributed by atoms with Gasteiger partial charge in [0.05, 0.1) is 11.4 Å². The van der Waals surface area contributed by atoms with Gasteiger partial charge in [0.15, 0.2) is 5.96 Å². The van der Waals surface area contributed by atoms with Crippen LogP contribution in [0.5, 0.6) is 0 Å². The van der Waals surface area contributed by atoms with E-state index in [0.717, 1.165) is 37.5 Å². The van der Waals surface area contributed by atoms with Crippen molar-refractivity contribution in [2.75, 3.05) is 27.2 Å². The fourth-order valence-electron chi connectivity index (χ4n) is 2.31. The number of hydrogen-bond acceptors (Lipinski definition) is 3. The van der Waals surface area contributed by atoms with Crippen LogP contribution in [-0.2, 0) is 16.6 Å². The molecule has 0 aliphatic heterocycles. The van der Waals surface area contributed by atoms with Crippen LogP contribution in [0.3, 0.4) is 0 Å². The predicted octanol–water partition coefficient (Wildman–Crippen LogP) is 2.43. The van der Waals surface area contributed by atoms with Crippen LogP contribution >= 0.6 is 0 Å². The molecule has 7 heteroatoms. The Bertz CT molecular complexity index is 636. The zero-order valence-electron chi connectivity index (χ0n) is 16.0. The SMILES string of the molecule is CCNC(=NCc1ccc(S(=O)(=O)N(C)C)cc1)NCC(CC)CC. The minimum absolute atomic E-state index is 0.295. The fourth-order valence-corrected chi connectivity index (χ4v) is 3.21. The highest BCUT2D eigenvalue weighted by Crippen LogP contribution is 2.14. The number of nitrogens with one attached hydrogen (secondary N) is 2. The molecule has 25 heavy (non-hydrogen) atoms. The highest BCUT2D eigenvalue weighted by molar-refractivity contribution is 7.89. The van der Waals surface area contributed by atoms with Crippen molar-refractivity contribution in [1.29, 1.82) is 0 Å². The van der Waals surface area contributed by atoms with Crippen molar-refractivity contribution >= 4 is 16.0 Å². The maximum absolute atomic E-state index is 12.1. The normalized spacial score (nSPS) is 12.7. The van der Waals surface area contributed by atoms with Gasteiger partial charge in [0.2, 0.25) is 10.0 Å². The van der Waals surface area contributed by atoms with Crippen molar-refractivity contribution in [2.24, 2.45) is 10.9 Å². The molecule has 1 rings (SSSR count). The number of sulfonamides is 1. The molecule has 0 atom stereocenters. The molecule has 0 bridgehead atoms. The maximum atomic E-state index is 12.1. The first-order chi connectivity index (χ1) is 11.8. The third-order valence-corrected chi connectivity index (χ3v) is 6.01. The lowest BCUT2D eigenvalue weighted by Crippen LogP contribution is -2.39. The monoisotopic (exact) mass is 368 g/mol. The van der Waals surface area contributed by atoms with Crippen LogP contribution in [0.15, 0.2) is 34.2 Å². The van der Waals surface area contributed by atoms with Crippen molar-refractivity contribution in [3.05, 3.63) is 29.8 Å². The lowest BCUT2D eigenvalue weighted by molar-refractivity contribution is 0.481. The number of guanidine groups is 1. The Labute approximate surface area is 152 Å². The van der Waals surface area contributed by atoms with E-state index in [1.54, 1.807) is 12.1 Å². The lowest BCUT2D eigenvalue weighted by Gasteiger charge is -2.16. The second-order valence-corrected chi connectivity index (χ2v) is 8.34. The zero-order valence-corrected chi connectivity index (χ0v) is 16.9. The summed E-state index contributed by atoms with van der Waals surface area (Å²) >= 11 is 0. The van der Waals surface area contributed by atoms with Crippen molar-refractivity contribution in [1.82, 2.24) is 14.9 Å². The first kappa shape index (κ1) is 21.4. The predicted molar refractivity (Wildman–Crippen MR) is 104 cm³/mol. The molecular weight excluding hydrogens is 336 g/mol. The lowest BCUT2D eigenvalue weighted by atomic mass is 10.0. The Balaban J connectivity index is 2.76. The molecule has 2 N–H and O–H groups in total. The number of hydrogen-bond donors (Lipinski definition) is 2. The van der Waals surface area contributed by atoms with Crippen molar-refractivity contribution in [3.63, 3.8) is 0 Å². The summed E-state index contributed by atoms with van der Waals surface area (Å²) in [6.07, 6.45) is 2.29. The standard InChI is InChI=1S/C18H32N4O2S/c1-6-15(7-2)13-20-18(19-8-3)21-14-16-9-11-17(12-10-16)25(23,24)22(4)5/h9-12,15H,6-8,13-14H2,1-5H3,(H2,19,20,21). The Kier molecular flexibility index (Phi) is 8.92. The first-order valence-electron chi connectivity index (χ1n) is 8.88. The second kappa shape index (κ2) is 10.4. The van der Waals surface area contributed by atoms with Gasteiger partial charge in [-0.25, -0.2) is 17.7 Å². The van der Waals surface area contributed by atoms with Crippen LogP contribution in [0.4, 0.5) is 0 Å². The topological polar surface area (TPSA) is 73.8 Å². The van der Waals surface area contributed by atoms with E-state index in [4.69, 9.17) is 0 Å². The van der Waals surface area contributed by atoms with Gasteiger partial charge in [0.1, 0.15) is 0 Å². The minimum atomic E-state index is -3.38. The summed E-state index contributed by atoms with van der Waals surface area (Å²) in [7, 11) is -0.326. The molecule has 0 aliphatic carbocycles. The summed E-state index contributed by atoms with van der Waals surface area (Å²) in [5, 5.41) is 6.62. The van der Waals surface area contributed by atoms with E-state index in [-0.39, 0.29) is 0 Å². The first-order valence-corrected chi connectivity index (χ1v) is 10.3. The third kappa shape index (κ3) is 6.66. The molecule has 0 aliphatic rings. The molecule has 0 unspecified atom stereocenters. The molecule has 142 valence electrons. The summed E-state index contributed by atoms with van der Waals surface area (Å²) in [5.74, 6) is 1.43. The molecule has 0 aromatic heterocycles. The Morgan fingerprint density at radius 2 is 1.68 bits per heavy atom. The number of benzene rings is 1. The highest BCUT2D eigenvalue weighted by Gasteiger charge is 2.16. The molecule has 6 nitrogen and oxygen atoms in total. The molecule has 0 amide bonds. The van der Waals surface area contributed by atoms with Gasteiger partial charge in [-0.2, -0.15) is 0 Å². The quantitative estimate of drug-likeness (QED) is 0.519. The van der Waals surface area contributed by atoms with Crippen LogP contribution in [0.1, 0.15) is 39.2 Å². The van der Waals surface area contributed by atoms with E-state index in [9.17, 15) is 8.42 Å². The summed E-state index contributed by atoms with van der Waals surface area (Å²) in [4.78, 5) is 4.88. The molecule has 0 spiro atoms. The third-order valence-electron chi connectivity index (χ3n) is 4.18. The Morgan fingerprint density at radius 3 is 2.16 bits per heavy atom. The van der Waals surface area contributed by atoms with Crippen LogP contribution in [0.2, 0.25) is 0 Å². The smallest absolute Gasteiger partial charge is 0.242 e. The molecular formula is C18H32N4O2S. The number of nitrogens with zero attached hydrogens (tertiary/aromatic N) is 2. The largest absolute Gasteiger partial charge is 0.357 e. The zero-order chi connectivity index (χ0) is 18.9. The van der Waals surface area contributed by atoms with Gasteiger partial charge in [-0.3, -0.25) is 0 Å². The van der Waals surface area contributed by atoms with Gasteiger partial charge in [-0.05, 0) is 30.5 Å². The van der Waals surface area contributed by atoms with Crippen molar-refractivity contribution < 1.29 is 8.42 Å². The summed E-state index contributed by atoms with van der Waals surface area (Å²) < 4.78 is 25.4. The van der Waals surface area contributed by atoms with E-state index in [2.05, 4.69) is 29.5 Å². The van der Waals surface area contributed by atoms with Crippen molar-refractivity contribution in [3.8, 4) is 0 Å². The van der Waals surface area contributed by atoms with E-state index in [0.29, 0.717) is 17.4 Å². The fraction of sp³-hybridized carbons (Fsp3) is 0.611. The van der Waals surface area contributed by atoms with Crippen LogP contribution < -0.4 is 10.6 Å². The maximum Gasteiger partial charge on any atom is 0.242 e. The van der Waals surface area contributed by atoms with Gasteiger partial charge >= 0.3 is 0 Å². The molecule has 1 aromatic carbocycles. The van der Waals surface area contributed by atoms with Gasteiger partial charge in [-0.1, -0.05) is 38.8 Å². The number of rotatable bonds is 9. The second-order valence-electron chi connectivity index (χ2n) is 6.19. The van der Waals surface area contributed by atoms with Crippen LogP contribution in [0.25, 0.3) is 0 Å². The van der Waals surface area contributed by atoms with Gasteiger partial charge in [-0.15, -0.1) is 0 Å². The summed E-state index contributed by atoms with van der Waals surface area (Å²) in [5.41, 5.74) is 0.970. The summed E-state index contributed by atoms with van der Waals surface area (Å²) in [6, 6.07) is 6.88. The molecule has 0 saturated carbocycles. The van der Waals surface area contributed by atoms with E-state index in [1.165, 1.54) is 18.4 Å². The van der Waals surface area contributed by atoms with Gasteiger partial charge < -0.3 is 10.6 Å². The highest BCUT2D eigenvalue weighted by atomic mass is 32.2. The van der Waals surface area contributed by atoms with E-state index in [1.807, 2.05) is 19.1 Å². The number of aliphatic imine (C=N–C) groups is 1. The molecule has 1 aromatic rings. The van der Waals surface area contributed by atoms with Crippen LogP contribution in [-0.4, -0.2) is 45.9 Å². The minimum Gasteiger partial charge on any atom is -0.357 e. The Morgan fingerprint density at radius 1 is 1.08 bits per heavy atom. The molecule has 0 saturated heterocycles. The van der Waals surface area contributed by atoms with E-state index >= 15 is 0 Å². The average Bonchev–Trinajstić information content (AvgIpc) is 2.60. The Hall–Kier alpha value is -1.60. The molecule has 0 radical (unpaired) electrons. The van der Waals surface area contributed by atoms with Gasteiger partial charge in [0, 0.05) is 27.2 Å². The van der Waals surface area contributed by atoms with Crippen molar-refractivity contribution in [2.45, 2.75) is 45.1 Å².